The van der Waals surface area contributed by atoms with Crippen LogP contribution >= 0.6 is 0 Å². The normalized spacial score (nSPS) is 9.79. The molecule has 0 spiro atoms. The average molecular weight is 269 g/mol. The van der Waals surface area contributed by atoms with Gasteiger partial charge in [0.25, 0.3) is 5.69 Å². The number of aromatic nitrogens is 1. The Bertz CT molecular complexity index is 465. The zero-order valence-electron chi connectivity index (χ0n) is 10.4. The average Bonchev–Trinajstić information content (AvgIpc) is 2.38. The number of rotatable bonds is 7. The first-order chi connectivity index (χ1) is 9.06. The topological polar surface area (TPSA) is 132 Å². The number of carbonyl (C=O) groups is 1. The number of nitrogens with zero attached hydrogens (tertiary/aromatic N) is 2. The molecule has 0 bridgehead atoms. The third kappa shape index (κ3) is 4.76. The fourth-order valence-electron chi connectivity index (χ4n) is 1.31. The van der Waals surface area contributed by atoms with Gasteiger partial charge in [-0.3, -0.25) is 14.9 Å². The summed E-state index contributed by atoms with van der Waals surface area (Å²) in [7, 11) is 0. The van der Waals surface area contributed by atoms with E-state index in [1.54, 1.807) is 6.92 Å². The molecule has 0 unspecified atom stereocenters. The Morgan fingerprint density at radius 2 is 2.21 bits per heavy atom. The van der Waals surface area contributed by atoms with E-state index in [4.69, 9.17) is 10.6 Å². The van der Waals surface area contributed by atoms with Crippen molar-refractivity contribution in [3.8, 4) is 0 Å². The van der Waals surface area contributed by atoms with Gasteiger partial charge in [-0.25, -0.2) is 10.8 Å². The van der Waals surface area contributed by atoms with Gasteiger partial charge in [-0.05, 0) is 6.92 Å². The van der Waals surface area contributed by atoms with Gasteiger partial charge in [0.15, 0.2) is 0 Å². The molecule has 0 aliphatic rings. The van der Waals surface area contributed by atoms with Crippen LogP contribution in [0.3, 0.4) is 0 Å². The second kappa shape index (κ2) is 7.11. The fraction of sp³-hybridized carbons (Fsp3) is 0.400. The highest BCUT2D eigenvalue weighted by Gasteiger charge is 2.11. The summed E-state index contributed by atoms with van der Waals surface area (Å²) in [5, 5.41) is 13.5. The van der Waals surface area contributed by atoms with E-state index in [1.807, 2.05) is 0 Å². The van der Waals surface area contributed by atoms with Crippen molar-refractivity contribution >= 4 is 23.3 Å². The second-order valence-electron chi connectivity index (χ2n) is 3.48. The highest BCUT2D eigenvalue weighted by atomic mass is 16.6. The molecule has 0 aliphatic carbocycles. The number of nitrogens with one attached hydrogen (secondary N) is 2. The lowest BCUT2D eigenvalue weighted by Gasteiger charge is -2.07. The van der Waals surface area contributed by atoms with E-state index in [1.165, 1.54) is 12.1 Å². The lowest BCUT2D eigenvalue weighted by Crippen LogP contribution is -2.14. The number of ether oxygens (including phenoxy) is 1. The monoisotopic (exact) mass is 269 g/mol. The summed E-state index contributed by atoms with van der Waals surface area (Å²) in [6, 6.07) is 2.46. The van der Waals surface area contributed by atoms with Crippen molar-refractivity contribution in [2.75, 3.05) is 23.9 Å². The summed E-state index contributed by atoms with van der Waals surface area (Å²) in [6.45, 7) is 2.29. The number of hydrogen-bond acceptors (Lipinski definition) is 8. The zero-order valence-corrected chi connectivity index (χ0v) is 10.4. The lowest BCUT2D eigenvalue weighted by atomic mass is 10.3. The maximum Gasteiger partial charge on any atom is 0.307 e. The van der Waals surface area contributed by atoms with E-state index in [9.17, 15) is 14.9 Å². The molecule has 1 aromatic heterocycles. The van der Waals surface area contributed by atoms with Crippen LogP contribution in [0.1, 0.15) is 13.3 Å². The first-order valence-electron chi connectivity index (χ1n) is 5.59. The molecule has 4 N–H and O–H groups in total. The van der Waals surface area contributed by atoms with Gasteiger partial charge >= 0.3 is 5.97 Å². The van der Waals surface area contributed by atoms with Crippen molar-refractivity contribution in [1.29, 1.82) is 0 Å². The summed E-state index contributed by atoms with van der Waals surface area (Å²) in [5.41, 5.74) is 2.08. The van der Waals surface area contributed by atoms with Gasteiger partial charge in [0, 0.05) is 6.54 Å². The molecule has 19 heavy (non-hydrogen) atoms. The predicted molar refractivity (Wildman–Crippen MR) is 68.4 cm³/mol. The van der Waals surface area contributed by atoms with Crippen molar-refractivity contribution in [2.45, 2.75) is 13.3 Å². The van der Waals surface area contributed by atoms with Crippen LogP contribution in [0.25, 0.3) is 0 Å². The maximum absolute atomic E-state index is 11.1. The fourth-order valence-corrected chi connectivity index (χ4v) is 1.31. The number of hydrazine groups is 1. The van der Waals surface area contributed by atoms with Crippen LogP contribution in [-0.4, -0.2) is 29.0 Å². The molecule has 1 aromatic rings. The van der Waals surface area contributed by atoms with Gasteiger partial charge in [-0.2, -0.15) is 0 Å². The van der Waals surface area contributed by atoms with E-state index in [0.29, 0.717) is 6.61 Å². The van der Waals surface area contributed by atoms with E-state index >= 15 is 0 Å². The Morgan fingerprint density at radius 3 is 2.79 bits per heavy atom. The molecule has 0 atom stereocenters. The van der Waals surface area contributed by atoms with Crippen molar-refractivity contribution in [1.82, 2.24) is 4.98 Å². The molecule has 104 valence electrons. The number of anilines is 2. The number of carbonyl (C=O) groups excluding carboxylic acids is 1. The maximum atomic E-state index is 11.1. The summed E-state index contributed by atoms with van der Waals surface area (Å²) in [6.07, 6.45) is 0.142. The third-order valence-electron chi connectivity index (χ3n) is 2.11. The van der Waals surface area contributed by atoms with Crippen molar-refractivity contribution < 1.29 is 14.5 Å². The molecule has 0 amide bonds. The zero-order chi connectivity index (χ0) is 14.3. The molecule has 9 heteroatoms. The van der Waals surface area contributed by atoms with Crippen molar-refractivity contribution in [2.24, 2.45) is 5.84 Å². The van der Waals surface area contributed by atoms with Gasteiger partial charge in [-0.15, -0.1) is 0 Å². The van der Waals surface area contributed by atoms with E-state index in [0.717, 1.165) is 0 Å². The molecule has 1 heterocycles. The largest absolute Gasteiger partial charge is 0.466 e. The quantitative estimate of drug-likeness (QED) is 0.284. The van der Waals surface area contributed by atoms with Gasteiger partial charge in [0.05, 0.1) is 30.1 Å². The van der Waals surface area contributed by atoms with Gasteiger partial charge < -0.3 is 15.5 Å². The smallest absolute Gasteiger partial charge is 0.307 e. The highest BCUT2D eigenvalue weighted by molar-refractivity contribution is 5.70. The first-order valence-corrected chi connectivity index (χ1v) is 5.59. The van der Waals surface area contributed by atoms with Crippen LogP contribution in [0.5, 0.6) is 0 Å². The SMILES string of the molecule is CCOC(=O)CCNc1cc([N+](=O)[O-])cc(NN)n1. The summed E-state index contributed by atoms with van der Waals surface area (Å²) in [5.74, 6) is 5.23. The standard InChI is InChI=1S/C10H15N5O4/c1-2-19-10(16)3-4-12-8-5-7(15(17)18)6-9(13-8)14-11/h5-6H,2-4,11H2,1H3,(H2,12,13,14). The number of pyridine rings is 1. The second-order valence-corrected chi connectivity index (χ2v) is 3.48. The Hall–Kier alpha value is -2.42. The molecule has 0 radical (unpaired) electrons. The Kier molecular flexibility index (Phi) is 5.48. The van der Waals surface area contributed by atoms with Gasteiger partial charge in [0.1, 0.15) is 11.6 Å². The van der Waals surface area contributed by atoms with E-state index in [-0.39, 0.29) is 36.3 Å². The molecule has 0 fully saturated rings. The van der Waals surface area contributed by atoms with E-state index in [2.05, 4.69) is 15.7 Å². The van der Waals surface area contributed by atoms with Gasteiger partial charge in [0.2, 0.25) is 0 Å². The van der Waals surface area contributed by atoms with Gasteiger partial charge in [-0.1, -0.05) is 0 Å². The Balaban J connectivity index is 2.64. The molecular weight excluding hydrogens is 254 g/mol. The summed E-state index contributed by atoms with van der Waals surface area (Å²) < 4.78 is 4.75. The minimum atomic E-state index is -0.557. The third-order valence-corrected chi connectivity index (χ3v) is 2.11. The molecule has 0 aromatic carbocycles. The molecular formula is C10H15N5O4. The summed E-state index contributed by atoms with van der Waals surface area (Å²) >= 11 is 0. The number of esters is 1. The van der Waals surface area contributed by atoms with Crippen molar-refractivity contribution in [3.63, 3.8) is 0 Å². The molecule has 0 saturated heterocycles. The van der Waals surface area contributed by atoms with Crippen molar-refractivity contribution in [3.05, 3.63) is 22.2 Å². The lowest BCUT2D eigenvalue weighted by molar-refractivity contribution is -0.384. The Morgan fingerprint density at radius 1 is 1.53 bits per heavy atom. The van der Waals surface area contributed by atoms with Crippen LogP contribution in [0.15, 0.2) is 12.1 Å². The number of nitro groups is 1. The molecule has 0 aliphatic heterocycles. The van der Waals surface area contributed by atoms with Crippen LogP contribution in [0, 0.1) is 10.1 Å². The number of nitrogens with two attached hydrogens (primary N) is 1. The number of hydrogen-bond donors (Lipinski definition) is 3. The number of nitrogen functional groups attached to an aromatic ring is 1. The summed E-state index contributed by atoms with van der Waals surface area (Å²) in [4.78, 5) is 25.2. The van der Waals surface area contributed by atoms with Crippen LogP contribution in [0.2, 0.25) is 0 Å². The Labute approximate surface area is 109 Å². The predicted octanol–water partition coefficient (Wildman–Crippen LogP) is 0.640. The molecule has 0 saturated carbocycles. The van der Waals surface area contributed by atoms with Crippen LogP contribution in [-0.2, 0) is 9.53 Å². The van der Waals surface area contributed by atoms with Crippen LogP contribution < -0.4 is 16.6 Å². The first kappa shape index (κ1) is 14.6. The minimum Gasteiger partial charge on any atom is -0.466 e. The van der Waals surface area contributed by atoms with E-state index < -0.39 is 4.92 Å². The van der Waals surface area contributed by atoms with Crippen LogP contribution in [0.4, 0.5) is 17.3 Å². The minimum absolute atomic E-state index is 0.142. The highest BCUT2D eigenvalue weighted by Crippen LogP contribution is 2.19. The molecule has 9 nitrogen and oxygen atoms in total. The molecule has 1 rings (SSSR count).